The average molecular weight is 373 g/mol. The molecule has 1 heterocycles. The van der Waals surface area contributed by atoms with E-state index >= 15 is 0 Å². The van der Waals surface area contributed by atoms with E-state index in [9.17, 15) is 4.79 Å². The molecule has 4 aliphatic carbocycles. The first-order chi connectivity index (χ1) is 12.9. The Morgan fingerprint density at radius 2 is 1.81 bits per heavy atom. The molecule has 0 spiro atoms. The second-order valence-corrected chi connectivity index (χ2v) is 10.9. The molecular formula is C24H36O3. The maximum atomic E-state index is 12.0. The molecule has 0 bridgehead atoms. The van der Waals surface area contributed by atoms with Crippen LogP contribution in [-0.4, -0.2) is 31.2 Å². The van der Waals surface area contributed by atoms with E-state index in [1.54, 1.807) is 0 Å². The Morgan fingerprint density at radius 3 is 2.59 bits per heavy atom. The first-order valence-corrected chi connectivity index (χ1v) is 11.3. The second kappa shape index (κ2) is 6.16. The molecule has 0 aromatic heterocycles. The average Bonchev–Trinajstić information content (AvgIpc) is 3.01. The Balaban J connectivity index is 1.44. The molecule has 3 nitrogen and oxygen atoms in total. The van der Waals surface area contributed by atoms with Crippen LogP contribution in [-0.2, 0) is 14.3 Å². The number of hydrogen-bond donors (Lipinski definition) is 0. The highest BCUT2D eigenvalue weighted by molar-refractivity contribution is 5.91. The first-order valence-electron chi connectivity index (χ1n) is 11.3. The minimum Gasteiger partial charge on any atom is -0.376 e. The van der Waals surface area contributed by atoms with Crippen LogP contribution in [0.4, 0.5) is 0 Å². The van der Waals surface area contributed by atoms with Crippen molar-refractivity contribution in [3.63, 3.8) is 0 Å². The molecule has 0 unspecified atom stereocenters. The minimum atomic E-state index is -0.102. The third-order valence-electron chi connectivity index (χ3n) is 9.75. The predicted octanol–water partition coefficient (Wildman–Crippen LogP) is 4.94. The molecule has 7 atom stereocenters. The van der Waals surface area contributed by atoms with Gasteiger partial charge >= 0.3 is 0 Å². The molecule has 0 N–H and O–H groups in total. The standard InChI is InChI=1S/C24H36O3/c1-22-10-8-17(25)14-16(22)4-5-18-19-6-7-21(23(19,2)11-9-20(18)22)24(3)15-26-12-13-27-24/h14,18-21H,4-13,15H2,1-3H3/t18-,19-,20-,21-,22-,23-,24-/m0/s1. The van der Waals surface area contributed by atoms with Crippen LogP contribution in [0.1, 0.15) is 72.1 Å². The van der Waals surface area contributed by atoms with Crippen molar-refractivity contribution in [3.8, 4) is 0 Å². The predicted molar refractivity (Wildman–Crippen MR) is 105 cm³/mol. The van der Waals surface area contributed by atoms with E-state index in [1.165, 1.54) is 37.7 Å². The Hall–Kier alpha value is -0.670. The molecular weight excluding hydrogens is 336 g/mol. The highest BCUT2D eigenvalue weighted by atomic mass is 16.6. The highest BCUT2D eigenvalue weighted by Crippen LogP contribution is 2.68. The van der Waals surface area contributed by atoms with E-state index < -0.39 is 0 Å². The summed E-state index contributed by atoms with van der Waals surface area (Å²) in [6, 6.07) is 0. The van der Waals surface area contributed by atoms with Gasteiger partial charge in [-0.3, -0.25) is 4.79 Å². The SMILES string of the molecule is C[C@]12CC[C@H]3[C@@H](CCC4=CC(=O)CC[C@@]43C)[C@@H]1CC[C@@H]2[C@]1(C)COCCO1. The van der Waals surface area contributed by atoms with Crippen molar-refractivity contribution >= 4 is 5.78 Å². The van der Waals surface area contributed by atoms with Gasteiger partial charge in [-0.25, -0.2) is 0 Å². The lowest BCUT2D eigenvalue weighted by Crippen LogP contribution is -2.55. The normalized spacial score (nSPS) is 52.6. The van der Waals surface area contributed by atoms with Gasteiger partial charge in [0.1, 0.15) is 0 Å². The highest BCUT2D eigenvalue weighted by Gasteiger charge is 2.62. The van der Waals surface area contributed by atoms with Crippen LogP contribution in [0.2, 0.25) is 0 Å². The third kappa shape index (κ3) is 2.56. The molecule has 0 aromatic rings. The summed E-state index contributed by atoms with van der Waals surface area (Å²) < 4.78 is 12.2. The number of carbonyl (C=O) groups is 1. The zero-order chi connectivity index (χ0) is 18.9. The lowest BCUT2D eigenvalue weighted by Gasteiger charge is -2.59. The van der Waals surface area contributed by atoms with Gasteiger partial charge in [0, 0.05) is 6.42 Å². The molecule has 150 valence electrons. The van der Waals surface area contributed by atoms with Crippen LogP contribution < -0.4 is 0 Å². The molecule has 4 fully saturated rings. The number of fused-ring (bicyclic) bond motifs is 5. The van der Waals surface area contributed by atoms with Crippen LogP contribution in [0.3, 0.4) is 0 Å². The Morgan fingerprint density at radius 1 is 0.963 bits per heavy atom. The molecule has 27 heavy (non-hydrogen) atoms. The van der Waals surface area contributed by atoms with E-state index in [-0.39, 0.29) is 11.0 Å². The summed E-state index contributed by atoms with van der Waals surface area (Å²) in [7, 11) is 0. The van der Waals surface area contributed by atoms with E-state index in [0.29, 0.717) is 17.1 Å². The van der Waals surface area contributed by atoms with Gasteiger partial charge in [0.05, 0.1) is 25.4 Å². The Labute approximate surface area is 164 Å². The minimum absolute atomic E-state index is 0.102. The topological polar surface area (TPSA) is 35.5 Å². The number of rotatable bonds is 1. The number of carbonyl (C=O) groups excluding carboxylic acids is 1. The summed E-state index contributed by atoms with van der Waals surface area (Å²) in [6.07, 6.45) is 11.6. The van der Waals surface area contributed by atoms with Crippen molar-refractivity contribution in [1.82, 2.24) is 0 Å². The first kappa shape index (κ1) is 18.4. The summed E-state index contributed by atoms with van der Waals surface area (Å²) in [5, 5.41) is 0. The fourth-order valence-corrected chi connectivity index (χ4v) is 8.41. The maximum absolute atomic E-state index is 12.0. The largest absolute Gasteiger partial charge is 0.376 e. The summed E-state index contributed by atoms with van der Waals surface area (Å²) in [5.41, 5.74) is 2.05. The molecule has 1 aliphatic heterocycles. The van der Waals surface area contributed by atoms with E-state index in [0.717, 1.165) is 56.8 Å². The monoisotopic (exact) mass is 372 g/mol. The lowest BCUT2D eigenvalue weighted by atomic mass is 9.46. The van der Waals surface area contributed by atoms with Gasteiger partial charge in [0.2, 0.25) is 0 Å². The van der Waals surface area contributed by atoms with Crippen molar-refractivity contribution in [2.24, 2.45) is 34.5 Å². The van der Waals surface area contributed by atoms with Crippen LogP contribution >= 0.6 is 0 Å². The molecule has 0 radical (unpaired) electrons. The number of hydrogen-bond acceptors (Lipinski definition) is 3. The van der Waals surface area contributed by atoms with Crippen LogP contribution in [0.15, 0.2) is 11.6 Å². The summed E-state index contributed by atoms with van der Waals surface area (Å²) >= 11 is 0. The molecule has 5 rings (SSSR count). The fraction of sp³-hybridized carbons (Fsp3) is 0.875. The van der Waals surface area contributed by atoms with E-state index in [4.69, 9.17) is 9.47 Å². The zero-order valence-electron chi connectivity index (χ0n) is 17.4. The van der Waals surface area contributed by atoms with Gasteiger partial charge in [-0.15, -0.1) is 0 Å². The van der Waals surface area contributed by atoms with Gasteiger partial charge in [0.25, 0.3) is 0 Å². The Bertz CT molecular complexity index is 661. The van der Waals surface area contributed by atoms with Crippen LogP contribution in [0.25, 0.3) is 0 Å². The number of ether oxygens (including phenoxy) is 2. The van der Waals surface area contributed by atoms with Crippen LogP contribution in [0, 0.1) is 34.5 Å². The molecule has 0 amide bonds. The van der Waals surface area contributed by atoms with Crippen LogP contribution in [0.5, 0.6) is 0 Å². The Kier molecular flexibility index (Phi) is 4.19. The van der Waals surface area contributed by atoms with Gasteiger partial charge in [-0.05, 0) is 92.4 Å². The fourth-order valence-electron chi connectivity index (χ4n) is 8.41. The van der Waals surface area contributed by atoms with E-state index in [1.807, 2.05) is 6.08 Å². The number of allylic oxidation sites excluding steroid dienone is 1. The van der Waals surface area contributed by atoms with Crippen molar-refractivity contribution in [2.45, 2.75) is 77.7 Å². The van der Waals surface area contributed by atoms with Gasteiger partial charge in [-0.2, -0.15) is 0 Å². The lowest BCUT2D eigenvalue weighted by molar-refractivity contribution is -0.199. The van der Waals surface area contributed by atoms with E-state index in [2.05, 4.69) is 20.8 Å². The van der Waals surface area contributed by atoms with Gasteiger partial charge < -0.3 is 9.47 Å². The third-order valence-corrected chi connectivity index (χ3v) is 9.75. The van der Waals surface area contributed by atoms with Gasteiger partial charge in [0.15, 0.2) is 5.78 Å². The van der Waals surface area contributed by atoms with Gasteiger partial charge in [-0.1, -0.05) is 19.4 Å². The summed E-state index contributed by atoms with van der Waals surface area (Å²) in [5.74, 6) is 3.41. The summed E-state index contributed by atoms with van der Waals surface area (Å²) in [4.78, 5) is 12.0. The molecule has 0 aromatic carbocycles. The smallest absolute Gasteiger partial charge is 0.155 e. The molecule has 1 saturated heterocycles. The second-order valence-electron chi connectivity index (χ2n) is 10.9. The molecule has 3 heteroatoms. The maximum Gasteiger partial charge on any atom is 0.155 e. The van der Waals surface area contributed by atoms with Crippen molar-refractivity contribution in [2.75, 3.05) is 19.8 Å². The summed E-state index contributed by atoms with van der Waals surface area (Å²) in [6.45, 7) is 9.63. The molecule has 3 saturated carbocycles. The number of ketones is 1. The van der Waals surface area contributed by atoms with Crippen molar-refractivity contribution in [3.05, 3.63) is 11.6 Å². The van der Waals surface area contributed by atoms with Crippen molar-refractivity contribution in [1.29, 1.82) is 0 Å². The van der Waals surface area contributed by atoms with Crippen molar-refractivity contribution < 1.29 is 14.3 Å². The molecule has 5 aliphatic rings. The zero-order valence-corrected chi connectivity index (χ0v) is 17.4. The quantitative estimate of drug-likeness (QED) is 0.654.